The van der Waals surface area contributed by atoms with E-state index < -0.39 is 30.3 Å². The lowest BCUT2D eigenvalue weighted by Gasteiger charge is -2.18. The first-order chi connectivity index (χ1) is 12.6. The van der Waals surface area contributed by atoms with Gasteiger partial charge in [0.25, 0.3) is 0 Å². The average molecular weight is 355 g/mol. The number of nitrogens with one attached hydrogen (secondary N) is 1. The number of hydrogen-bond acceptors (Lipinski definition) is 5. The van der Waals surface area contributed by atoms with Gasteiger partial charge < -0.3 is 14.8 Å². The van der Waals surface area contributed by atoms with Crippen LogP contribution in [0.15, 0.2) is 60.7 Å². The average Bonchev–Trinajstić information content (AvgIpc) is 2.66. The van der Waals surface area contributed by atoms with Gasteiger partial charge >= 0.3 is 12.1 Å². The second-order valence-corrected chi connectivity index (χ2v) is 5.50. The minimum atomic E-state index is -0.983. The number of rotatable bonds is 8. The molecule has 0 aliphatic rings. The Morgan fingerprint density at radius 1 is 0.923 bits per heavy atom. The van der Waals surface area contributed by atoms with Crippen LogP contribution >= 0.6 is 0 Å². The van der Waals surface area contributed by atoms with Crippen molar-refractivity contribution in [2.75, 3.05) is 6.61 Å². The van der Waals surface area contributed by atoms with Crippen molar-refractivity contribution in [1.29, 1.82) is 0 Å². The molecule has 0 aromatic heterocycles. The van der Waals surface area contributed by atoms with E-state index in [4.69, 9.17) is 9.47 Å². The molecule has 2 aromatic carbocycles. The molecule has 0 saturated carbocycles. The van der Waals surface area contributed by atoms with E-state index in [9.17, 15) is 14.4 Å². The molecule has 6 heteroatoms. The van der Waals surface area contributed by atoms with Gasteiger partial charge in [0.15, 0.2) is 5.78 Å². The van der Waals surface area contributed by atoms with Crippen molar-refractivity contribution in [1.82, 2.24) is 5.32 Å². The van der Waals surface area contributed by atoms with Crippen molar-refractivity contribution >= 4 is 17.8 Å². The smallest absolute Gasteiger partial charge is 0.408 e. The lowest BCUT2D eigenvalue weighted by atomic mass is 10.0. The summed E-state index contributed by atoms with van der Waals surface area (Å²) in [7, 11) is 0. The van der Waals surface area contributed by atoms with Gasteiger partial charge in [-0.1, -0.05) is 60.7 Å². The first kappa shape index (κ1) is 19.2. The van der Waals surface area contributed by atoms with Crippen LogP contribution in [0, 0.1) is 0 Å². The number of hydrogen-bond donors (Lipinski definition) is 1. The topological polar surface area (TPSA) is 81.7 Å². The summed E-state index contributed by atoms with van der Waals surface area (Å²) in [6, 6.07) is 16.9. The fourth-order valence-corrected chi connectivity index (χ4v) is 2.33. The fraction of sp³-hybridized carbons (Fsp3) is 0.250. The highest BCUT2D eigenvalue weighted by Gasteiger charge is 2.25. The highest BCUT2D eigenvalue weighted by molar-refractivity contribution is 6.00. The molecule has 0 radical (unpaired) electrons. The molecule has 0 aliphatic carbocycles. The summed E-state index contributed by atoms with van der Waals surface area (Å²) in [5.41, 5.74) is 1.40. The Labute approximate surface area is 152 Å². The molecule has 0 heterocycles. The van der Waals surface area contributed by atoms with E-state index in [-0.39, 0.29) is 13.2 Å². The second kappa shape index (κ2) is 9.98. The van der Waals surface area contributed by atoms with Crippen molar-refractivity contribution in [3.8, 4) is 0 Å². The van der Waals surface area contributed by atoms with Crippen molar-refractivity contribution in [3.05, 3.63) is 71.8 Å². The van der Waals surface area contributed by atoms with E-state index in [1.807, 2.05) is 30.3 Å². The first-order valence-electron chi connectivity index (χ1n) is 8.30. The van der Waals surface area contributed by atoms with Gasteiger partial charge in [0, 0.05) is 0 Å². The molecule has 1 atom stereocenters. The third-order valence-electron chi connectivity index (χ3n) is 3.55. The van der Waals surface area contributed by atoms with E-state index in [1.54, 1.807) is 37.3 Å². The van der Waals surface area contributed by atoms with Gasteiger partial charge in [-0.3, -0.25) is 9.59 Å². The zero-order valence-corrected chi connectivity index (χ0v) is 14.5. The zero-order chi connectivity index (χ0) is 18.8. The Morgan fingerprint density at radius 2 is 1.54 bits per heavy atom. The Bertz CT molecular complexity index is 730. The lowest BCUT2D eigenvalue weighted by molar-refractivity contribution is -0.146. The molecule has 26 heavy (non-hydrogen) atoms. The largest absolute Gasteiger partial charge is 0.466 e. The summed E-state index contributed by atoms with van der Waals surface area (Å²) in [5, 5.41) is 2.53. The molecular formula is C20H21NO5. The Morgan fingerprint density at radius 3 is 2.15 bits per heavy atom. The fourth-order valence-electron chi connectivity index (χ4n) is 2.33. The third-order valence-corrected chi connectivity index (χ3v) is 3.55. The number of ketones is 1. The second-order valence-electron chi connectivity index (χ2n) is 5.50. The predicted octanol–water partition coefficient (Wildman–Crippen LogP) is 3.18. The molecule has 2 aromatic rings. The van der Waals surface area contributed by atoms with Crippen LogP contribution in [0.4, 0.5) is 4.79 Å². The molecule has 1 amide bonds. The summed E-state index contributed by atoms with van der Waals surface area (Å²) in [4.78, 5) is 36.2. The highest BCUT2D eigenvalue weighted by Crippen LogP contribution is 2.16. The van der Waals surface area contributed by atoms with E-state index in [1.165, 1.54) is 0 Å². The SMILES string of the molecule is CCOC(=O)CC(=O)[C@@H](NC(=O)OCc1ccccc1)c1ccccc1. The molecule has 0 aliphatic heterocycles. The molecular weight excluding hydrogens is 334 g/mol. The quantitative estimate of drug-likeness (QED) is 0.581. The highest BCUT2D eigenvalue weighted by atomic mass is 16.5. The first-order valence-corrected chi connectivity index (χ1v) is 8.30. The van der Waals surface area contributed by atoms with E-state index >= 15 is 0 Å². The van der Waals surface area contributed by atoms with E-state index in [0.717, 1.165) is 5.56 Å². The van der Waals surface area contributed by atoms with Gasteiger partial charge in [-0.25, -0.2) is 4.79 Å². The van der Waals surface area contributed by atoms with Gasteiger partial charge in [-0.05, 0) is 18.1 Å². The summed E-state index contributed by atoms with van der Waals surface area (Å²) >= 11 is 0. The number of alkyl carbamates (subject to hydrolysis) is 1. The third kappa shape index (κ3) is 6.05. The van der Waals surface area contributed by atoms with Crippen LogP contribution in [0.2, 0.25) is 0 Å². The van der Waals surface area contributed by atoms with Gasteiger partial charge in [-0.2, -0.15) is 0 Å². The molecule has 0 spiro atoms. The van der Waals surface area contributed by atoms with Gasteiger partial charge in [0.2, 0.25) is 0 Å². The molecule has 6 nitrogen and oxygen atoms in total. The Hall–Kier alpha value is -3.15. The number of ether oxygens (including phenoxy) is 2. The lowest BCUT2D eigenvalue weighted by Crippen LogP contribution is -2.35. The van der Waals surface area contributed by atoms with Crippen LogP contribution in [0.3, 0.4) is 0 Å². The van der Waals surface area contributed by atoms with Crippen molar-refractivity contribution in [2.24, 2.45) is 0 Å². The monoisotopic (exact) mass is 355 g/mol. The molecule has 1 N–H and O–H groups in total. The molecule has 136 valence electrons. The normalized spacial score (nSPS) is 11.3. The van der Waals surface area contributed by atoms with Crippen molar-refractivity contribution < 1.29 is 23.9 Å². The minimum Gasteiger partial charge on any atom is -0.466 e. The number of benzene rings is 2. The summed E-state index contributed by atoms with van der Waals surface area (Å²) in [6.07, 6.45) is -1.16. The van der Waals surface area contributed by atoms with Crippen LogP contribution in [0.1, 0.15) is 30.5 Å². The molecule has 0 bridgehead atoms. The number of esters is 1. The molecule has 0 fully saturated rings. The van der Waals surface area contributed by atoms with Crippen LogP contribution in [-0.2, 0) is 25.7 Å². The van der Waals surface area contributed by atoms with E-state index in [0.29, 0.717) is 5.56 Å². The Kier molecular flexibility index (Phi) is 7.36. The maximum absolute atomic E-state index is 12.5. The maximum Gasteiger partial charge on any atom is 0.408 e. The van der Waals surface area contributed by atoms with Crippen LogP contribution in [-0.4, -0.2) is 24.5 Å². The van der Waals surface area contributed by atoms with Crippen LogP contribution in [0.25, 0.3) is 0 Å². The van der Waals surface area contributed by atoms with Crippen molar-refractivity contribution in [3.63, 3.8) is 0 Å². The zero-order valence-electron chi connectivity index (χ0n) is 14.5. The number of carbonyl (C=O) groups is 3. The Balaban J connectivity index is 2.02. The van der Waals surface area contributed by atoms with Crippen LogP contribution < -0.4 is 5.32 Å². The standard InChI is InChI=1S/C20H21NO5/c1-2-25-18(23)13-17(22)19(16-11-7-4-8-12-16)21-20(24)26-14-15-9-5-3-6-10-15/h3-12,19H,2,13-14H2,1H3,(H,21,24)/t19-/m0/s1. The minimum absolute atomic E-state index is 0.0836. The number of Topliss-reactive ketones (excluding diaryl/α,β-unsaturated/α-hetero) is 1. The van der Waals surface area contributed by atoms with Crippen LogP contribution in [0.5, 0.6) is 0 Å². The molecule has 2 rings (SSSR count). The van der Waals surface area contributed by atoms with Gasteiger partial charge in [-0.15, -0.1) is 0 Å². The van der Waals surface area contributed by atoms with Crippen molar-refractivity contribution in [2.45, 2.75) is 26.0 Å². The number of amides is 1. The predicted molar refractivity (Wildman–Crippen MR) is 95.2 cm³/mol. The summed E-state index contributed by atoms with van der Waals surface area (Å²) < 4.78 is 9.97. The summed E-state index contributed by atoms with van der Waals surface area (Å²) in [5.74, 6) is -1.09. The molecule has 0 unspecified atom stereocenters. The maximum atomic E-state index is 12.5. The molecule has 0 saturated heterocycles. The number of carbonyl (C=O) groups excluding carboxylic acids is 3. The van der Waals surface area contributed by atoms with Gasteiger partial charge in [0.05, 0.1) is 6.61 Å². The van der Waals surface area contributed by atoms with Gasteiger partial charge in [0.1, 0.15) is 19.1 Å². The van der Waals surface area contributed by atoms with E-state index in [2.05, 4.69) is 5.32 Å². The summed E-state index contributed by atoms with van der Waals surface area (Å²) in [6.45, 7) is 1.94.